The molecule has 3 rings (SSSR count). The number of rotatable bonds is 3. The molecule has 0 amide bonds. The van der Waals surface area contributed by atoms with E-state index in [1.165, 1.54) is 0 Å². The van der Waals surface area contributed by atoms with Crippen LogP contribution in [0.1, 0.15) is 12.5 Å². The van der Waals surface area contributed by atoms with Gasteiger partial charge < -0.3 is 4.42 Å². The lowest BCUT2D eigenvalue weighted by atomic mass is 10.2. The first kappa shape index (κ1) is 14.6. The fraction of sp³-hybridized carbons (Fsp3) is 0.200. The highest BCUT2D eigenvalue weighted by molar-refractivity contribution is 7.86. The van der Waals surface area contributed by atoms with Gasteiger partial charge in [-0.15, -0.1) is 0 Å². The van der Waals surface area contributed by atoms with Crippen molar-refractivity contribution in [3.8, 4) is 0 Å². The van der Waals surface area contributed by atoms with E-state index in [1.807, 2.05) is 31.2 Å². The van der Waals surface area contributed by atoms with Gasteiger partial charge in [0.2, 0.25) is 0 Å². The second-order valence-electron chi connectivity index (χ2n) is 4.25. The summed E-state index contributed by atoms with van der Waals surface area (Å²) in [7, 11) is -3.53. The van der Waals surface area contributed by atoms with Crippen LogP contribution in [0.4, 0.5) is 0 Å². The maximum absolute atomic E-state index is 11.3. The van der Waals surface area contributed by atoms with Gasteiger partial charge in [-0.1, -0.05) is 17.7 Å². The minimum atomic E-state index is -3.53. The summed E-state index contributed by atoms with van der Waals surface area (Å²) in [4.78, 5) is 0.208. The number of aryl methyl sites for hydroxylation is 1. The van der Waals surface area contributed by atoms with E-state index in [0.717, 1.165) is 16.7 Å². The Morgan fingerprint density at radius 1 is 0.950 bits per heavy atom. The summed E-state index contributed by atoms with van der Waals surface area (Å²) in [6, 6.07) is 14.4. The molecule has 20 heavy (non-hydrogen) atoms. The predicted molar refractivity (Wildman–Crippen MR) is 77.4 cm³/mol. The maximum atomic E-state index is 11.3. The lowest BCUT2D eigenvalue weighted by Crippen LogP contribution is -2.05. The Hall–Kier alpha value is -1.85. The molecule has 106 valence electrons. The molecular formula is C15H16O4S. The fourth-order valence-electron chi connectivity index (χ4n) is 1.64. The first-order valence-corrected chi connectivity index (χ1v) is 7.66. The summed E-state index contributed by atoms with van der Waals surface area (Å²) in [5, 5.41) is 0. The molecule has 3 aromatic rings. The van der Waals surface area contributed by atoms with Crippen LogP contribution in [-0.2, 0) is 14.3 Å². The van der Waals surface area contributed by atoms with E-state index in [-0.39, 0.29) is 11.5 Å². The Kier molecular flexibility index (Phi) is 4.42. The van der Waals surface area contributed by atoms with Crippen LogP contribution < -0.4 is 0 Å². The molecule has 0 fully saturated rings. The van der Waals surface area contributed by atoms with Crippen molar-refractivity contribution in [3.05, 3.63) is 54.1 Å². The highest BCUT2D eigenvalue weighted by Gasteiger charge is 2.12. The van der Waals surface area contributed by atoms with Gasteiger partial charge in [-0.25, -0.2) is 0 Å². The van der Waals surface area contributed by atoms with E-state index in [0.29, 0.717) is 0 Å². The topological polar surface area (TPSA) is 56.5 Å². The number of benzene rings is 2. The minimum absolute atomic E-state index is 0.163. The van der Waals surface area contributed by atoms with E-state index < -0.39 is 10.1 Å². The second-order valence-corrected chi connectivity index (χ2v) is 5.86. The fourth-order valence-corrected chi connectivity index (χ4v) is 2.56. The van der Waals surface area contributed by atoms with Crippen LogP contribution in [0.2, 0.25) is 0 Å². The van der Waals surface area contributed by atoms with Crippen molar-refractivity contribution in [1.29, 1.82) is 0 Å². The van der Waals surface area contributed by atoms with E-state index >= 15 is 0 Å². The smallest absolute Gasteiger partial charge is 0.296 e. The number of fused-ring (bicyclic) bond motifs is 2. The summed E-state index contributed by atoms with van der Waals surface area (Å²) >= 11 is 0. The summed E-state index contributed by atoms with van der Waals surface area (Å²) in [5.74, 6) is 0. The Morgan fingerprint density at radius 3 is 1.80 bits per heavy atom. The normalized spacial score (nSPS) is 11.3. The zero-order chi connectivity index (χ0) is 14.6. The molecule has 0 aliphatic carbocycles. The largest absolute Gasteiger partial charge is 0.457 e. The first-order chi connectivity index (χ1) is 9.51. The molecule has 0 radical (unpaired) electrons. The Labute approximate surface area is 118 Å². The molecule has 2 aromatic heterocycles. The summed E-state index contributed by atoms with van der Waals surface area (Å²) in [6.07, 6.45) is 0. The molecule has 0 saturated carbocycles. The van der Waals surface area contributed by atoms with Crippen molar-refractivity contribution >= 4 is 21.3 Å². The first-order valence-electron chi connectivity index (χ1n) is 6.25. The standard InChI is InChI=1S/C9H12O3S.C6H4O/c1-3-12-13(10,11)9-6-4-8(2)5-7-9;1-2-6-4-3-5(1)7-6/h4-7H,3H2,1-2H3;1-4H. The van der Waals surface area contributed by atoms with E-state index in [4.69, 9.17) is 4.42 Å². The van der Waals surface area contributed by atoms with Gasteiger partial charge in [0.15, 0.2) is 0 Å². The molecule has 5 heteroatoms. The average molecular weight is 292 g/mol. The van der Waals surface area contributed by atoms with E-state index in [1.54, 1.807) is 31.2 Å². The molecule has 0 N–H and O–H groups in total. The number of furan rings is 2. The van der Waals surface area contributed by atoms with Crippen LogP contribution in [0.3, 0.4) is 0 Å². The second kappa shape index (κ2) is 6.07. The van der Waals surface area contributed by atoms with Crippen molar-refractivity contribution in [3.63, 3.8) is 0 Å². The summed E-state index contributed by atoms with van der Waals surface area (Å²) in [5.41, 5.74) is 2.96. The molecule has 0 spiro atoms. The zero-order valence-electron chi connectivity index (χ0n) is 11.4. The molecule has 0 unspecified atom stereocenters. The number of hydrogen-bond acceptors (Lipinski definition) is 4. The molecule has 2 heterocycles. The van der Waals surface area contributed by atoms with Gasteiger partial charge in [0.05, 0.1) is 11.5 Å². The van der Waals surface area contributed by atoms with Gasteiger partial charge in [-0.3, -0.25) is 4.18 Å². The van der Waals surface area contributed by atoms with Gasteiger partial charge in [-0.2, -0.15) is 8.42 Å². The molecule has 0 saturated heterocycles. The van der Waals surface area contributed by atoms with Gasteiger partial charge in [0.25, 0.3) is 10.1 Å². The molecule has 2 bridgehead atoms. The van der Waals surface area contributed by atoms with Crippen molar-refractivity contribution in [2.45, 2.75) is 18.7 Å². The highest BCUT2D eigenvalue weighted by atomic mass is 32.2. The molecule has 4 nitrogen and oxygen atoms in total. The summed E-state index contributed by atoms with van der Waals surface area (Å²) < 4.78 is 32.4. The Balaban J connectivity index is 0.000000173. The van der Waals surface area contributed by atoms with Gasteiger partial charge in [0.1, 0.15) is 11.2 Å². The maximum Gasteiger partial charge on any atom is 0.296 e. The van der Waals surface area contributed by atoms with Crippen LogP contribution in [0.25, 0.3) is 11.2 Å². The molecular weight excluding hydrogens is 276 g/mol. The molecule has 1 aromatic carbocycles. The van der Waals surface area contributed by atoms with Crippen LogP contribution in [-0.4, -0.2) is 15.0 Å². The highest BCUT2D eigenvalue weighted by Crippen LogP contribution is 2.14. The van der Waals surface area contributed by atoms with Gasteiger partial charge in [0, 0.05) is 0 Å². The van der Waals surface area contributed by atoms with Crippen LogP contribution in [0.15, 0.2) is 57.8 Å². The van der Waals surface area contributed by atoms with Crippen molar-refractivity contribution in [1.82, 2.24) is 0 Å². The van der Waals surface area contributed by atoms with Crippen molar-refractivity contribution in [2.24, 2.45) is 0 Å². The predicted octanol–water partition coefficient (Wildman–Crippen LogP) is 3.59. The zero-order valence-corrected chi connectivity index (χ0v) is 12.2. The van der Waals surface area contributed by atoms with Crippen molar-refractivity contribution < 1.29 is 17.0 Å². The summed E-state index contributed by atoms with van der Waals surface area (Å²) in [6.45, 7) is 3.71. The van der Waals surface area contributed by atoms with Crippen molar-refractivity contribution in [2.75, 3.05) is 6.61 Å². The molecule has 0 aliphatic heterocycles. The number of hydrogen-bond donors (Lipinski definition) is 0. The minimum Gasteiger partial charge on any atom is -0.457 e. The average Bonchev–Trinajstić information content (AvgIpc) is 3.04. The third-order valence-electron chi connectivity index (χ3n) is 2.64. The Morgan fingerprint density at radius 2 is 1.45 bits per heavy atom. The third kappa shape index (κ3) is 3.59. The molecule has 0 aliphatic rings. The van der Waals surface area contributed by atoms with Gasteiger partial charge in [-0.05, 0) is 50.2 Å². The van der Waals surface area contributed by atoms with Crippen LogP contribution in [0.5, 0.6) is 0 Å². The lowest BCUT2D eigenvalue weighted by Gasteiger charge is -2.02. The monoisotopic (exact) mass is 292 g/mol. The van der Waals surface area contributed by atoms with Crippen LogP contribution in [0, 0.1) is 6.92 Å². The third-order valence-corrected chi connectivity index (χ3v) is 4.04. The Bertz CT molecular complexity index is 696. The van der Waals surface area contributed by atoms with Gasteiger partial charge >= 0.3 is 0 Å². The molecule has 0 atom stereocenters. The quantitative estimate of drug-likeness (QED) is 0.692. The lowest BCUT2D eigenvalue weighted by molar-refractivity contribution is 0.338. The SMILES string of the molecule is CCOS(=O)(=O)c1ccc(C)cc1.c1cc2ccc1o2. The van der Waals surface area contributed by atoms with Crippen LogP contribution >= 0.6 is 0 Å². The van der Waals surface area contributed by atoms with E-state index in [2.05, 4.69) is 4.18 Å². The van der Waals surface area contributed by atoms with E-state index in [9.17, 15) is 8.42 Å².